The summed E-state index contributed by atoms with van der Waals surface area (Å²) in [4.78, 5) is 38.6. The monoisotopic (exact) mass is 394 g/mol. The average Bonchev–Trinajstić information content (AvgIpc) is 3.22. The summed E-state index contributed by atoms with van der Waals surface area (Å²) in [5.41, 5.74) is 4.48. The van der Waals surface area contributed by atoms with E-state index in [9.17, 15) is 19.7 Å². The molecule has 0 saturated heterocycles. The van der Waals surface area contributed by atoms with Crippen molar-refractivity contribution in [1.82, 2.24) is 0 Å². The summed E-state index contributed by atoms with van der Waals surface area (Å²) < 4.78 is 0. The minimum absolute atomic E-state index is 0.0162. The number of non-ortho nitro benzene ring substituents is 1. The predicted octanol–water partition coefficient (Wildman–Crippen LogP) is 2.89. The normalized spacial score (nSPS) is 17.1. The van der Waals surface area contributed by atoms with Gasteiger partial charge in [-0.25, -0.2) is 0 Å². The van der Waals surface area contributed by atoms with Gasteiger partial charge in [-0.15, -0.1) is 0 Å². The highest BCUT2D eigenvalue weighted by molar-refractivity contribution is 5.97. The molecular weight excluding hydrogens is 372 g/mol. The van der Waals surface area contributed by atoms with Crippen LogP contribution in [0.3, 0.4) is 0 Å². The largest absolute Gasteiger partial charge is 0.359 e. The Labute approximate surface area is 168 Å². The lowest BCUT2D eigenvalue weighted by molar-refractivity contribution is -0.384. The highest BCUT2D eigenvalue weighted by Gasteiger charge is 2.29. The number of nitro groups is 1. The maximum absolute atomic E-state index is 12.6. The highest BCUT2D eigenvalue weighted by atomic mass is 16.6. The van der Waals surface area contributed by atoms with Crippen LogP contribution in [0.5, 0.6) is 0 Å². The van der Waals surface area contributed by atoms with Crippen molar-refractivity contribution in [1.29, 1.82) is 0 Å². The zero-order valence-electron chi connectivity index (χ0n) is 16.3. The number of fused-ring (bicyclic) bond motifs is 2. The first kappa shape index (κ1) is 18.9. The lowest BCUT2D eigenvalue weighted by Crippen LogP contribution is -2.37. The van der Waals surface area contributed by atoms with Crippen LogP contribution >= 0.6 is 0 Å². The summed E-state index contributed by atoms with van der Waals surface area (Å²) in [6.07, 6.45) is 1.44. The molecule has 2 aromatic carbocycles. The lowest BCUT2D eigenvalue weighted by atomic mass is 10.1. The SMILES string of the molecule is CC(=O)N1CCc2cc(NC(=O)CN3c4ccc([N+](=O)[O-])cc4C[C@H]3C)ccc21. The molecule has 2 aliphatic rings. The summed E-state index contributed by atoms with van der Waals surface area (Å²) in [7, 11) is 0. The lowest BCUT2D eigenvalue weighted by Gasteiger charge is -2.24. The fraction of sp³-hybridized carbons (Fsp3) is 0.333. The molecule has 8 heteroatoms. The van der Waals surface area contributed by atoms with E-state index in [0.29, 0.717) is 18.7 Å². The molecule has 0 spiro atoms. The molecule has 0 aliphatic carbocycles. The topological polar surface area (TPSA) is 95.8 Å². The summed E-state index contributed by atoms with van der Waals surface area (Å²) in [6, 6.07) is 10.5. The number of rotatable bonds is 4. The average molecular weight is 394 g/mol. The number of carbonyl (C=O) groups is 2. The van der Waals surface area contributed by atoms with Gasteiger partial charge in [0, 0.05) is 48.7 Å². The van der Waals surface area contributed by atoms with Crippen LogP contribution in [-0.4, -0.2) is 35.9 Å². The third-order valence-electron chi connectivity index (χ3n) is 5.58. The molecule has 0 fully saturated rings. The van der Waals surface area contributed by atoms with E-state index in [2.05, 4.69) is 5.32 Å². The van der Waals surface area contributed by atoms with E-state index in [0.717, 1.165) is 28.9 Å². The molecule has 0 saturated carbocycles. The minimum atomic E-state index is -0.401. The number of benzene rings is 2. The molecule has 0 radical (unpaired) electrons. The van der Waals surface area contributed by atoms with Gasteiger partial charge in [-0.3, -0.25) is 19.7 Å². The smallest absolute Gasteiger partial charge is 0.269 e. The molecule has 2 amide bonds. The van der Waals surface area contributed by atoms with Crippen LogP contribution in [0, 0.1) is 10.1 Å². The van der Waals surface area contributed by atoms with Crippen molar-refractivity contribution < 1.29 is 14.5 Å². The number of carbonyl (C=O) groups excluding carboxylic acids is 2. The van der Waals surface area contributed by atoms with Gasteiger partial charge in [0.25, 0.3) is 5.69 Å². The second-order valence-electron chi connectivity index (χ2n) is 7.56. The Morgan fingerprint density at radius 3 is 2.66 bits per heavy atom. The van der Waals surface area contributed by atoms with Crippen LogP contribution in [0.25, 0.3) is 0 Å². The molecule has 1 atom stereocenters. The maximum atomic E-state index is 12.6. The van der Waals surface area contributed by atoms with Crippen molar-refractivity contribution in [3.8, 4) is 0 Å². The Morgan fingerprint density at radius 1 is 1.17 bits per heavy atom. The maximum Gasteiger partial charge on any atom is 0.269 e. The molecule has 150 valence electrons. The van der Waals surface area contributed by atoms with Crippen LogP contribution in [-0.2, 0) is 22.4 Å². The summed E-state index contributed by atoms with van der Waals surface area (Å²) in [6.45, 7) is 4.39. The van der Waals surface area contributed by atoms with Crippen molar-refractivity contribution in [2.75, 3.05) is 28.2 Å². The first-order chi connectivity index (χ1) is 13.8. The molecule has 0 unspecified atom stereocenters. The molecular formula is C21H22N4O4. The highest BCUT2D eigenvalue weighted by Crippen LogP contribution is 2.35. The predicted molar refractivity (Wildman–Crippen MR) is 110 cm³/mol. The number of nitro benzene ring substituents is 1. The third-order valence-corrected chi connectivity index (χ3v) is 5.58. The van der Waals surface area contributed by atoms with Gasteiger partial charge in [0.05, 0.1) is 11.5 Å². The van der Waals surface area contributed by atoms with Crippen LogP contribution in [0.2, 0.25) is 0 Å². The first-order valence-electron chi connectivity index (χ1n) is 9.58. The Hall–Kier alpha value is -3.42. The second kappa shape index (κ2) is 7.20. The minimum Gasteiger partial charge on any atom is -0.359 e. The second-order valence-corrected chi connectivity index (χ2v) is 7.56. The molecule has 1 N–H and O–H groups in total. The molecule has 2 aromatic rings. The van der Waals surface area contributed by atoms with Gasteiger partial charge in [0.1, 0.15) is 0 Å². The van der Waals surface area contributed by atoms with Gasteiger partial charge < -0.3 is 15.1 Å². The summed E-state index contributed by atoms with van der Waals surface area (Å²) >= 11 is 0. The zero-order chi connectivity index (χ0) is 20.7. The van der Waals surface area contributed by atoms with Gasteiger partial charge in [-0.05, 0) is 55.2 Å². The molecule has 2 heterocycles. The Bertz CT molecular complexity index is 1020. The number of nitrogens with zero attached hydrogens (tertiary/aromatic N) is 3. The summed E-state index contributed by atoms with van der Waals surface area (Å²) in [5.74, 6) is -0.133. The fourth-order valence-electron chi connectivity index (χ4n) is 4.20. The Balaban J connectivity index is 1.46. The molecule has 29 heavy (non-hydrogen) atoms. The van der Waals surface area contributed by atoms with E-state index in [4.69, 9.17) is 0 Å². The molecule has 0 bridgehead atoms. The van der Waals surface area contributed by atoms with Crippen molar-refractivity contribution >= 4 is 34.6 Å². The van der Waals surface area contributed by atoms with E-state index in [1.54, 1.807) is 24.0 Å². The Morgan fingerprint density at radius 2 is 1.93 bits per heavy atom. The van der Waals surface area contributed by atoms with Crippen LogP contribution in [0.15, 0.2) is 36.4 Å². The van der Waals surface area contributed by atoms with E-state index in [1.165, 1.54) is 6.07 Å². The van der Waals surface area contributed by atoms with E-state index >= 15 is 0 Å². The van der Waals surface area contributed by atoms with E-state index < -0.39 is 4.92 Å². The van der Waals surface area contributed by atoms with Gasteiger partial charge in [0.15, 0.2) is 0 Å². The van der Waals surface area contributed by atoms with E-state index in [-0.39, 0.29) is 30.1 Å². The number of hydrogen-bond donors (Lipinski definition) is 1. The van der Waals surface area contributed by atoms with Gasteiger partial charge in [-0.2, -0.15) is 0 Å². The summed E-state index contributed by atoms with van der Waals surface area (Å²) in [5, 5.41) is 13.9. The number of hydrogen-bond acceptors (Lipinski definition) is 5. The first-order valence-corrected chi connectivity index (χ1v) is 9.58. The number of anilines is 3. The van der Waals surface area contributed by atoms with Gasteiger partial charge in [-0.1, -0.05) is 0 Å². The Kier molecular flexibility index (Phi) is 4.70. The van der Waals surface area contributed by atoms with Crippen LogP contribution in [0.4, 0.5) is 22.7 Å². The van der Waals surface area contributed by atoms with Gasteiger partial charge >= 0.3 is 0 Å². The van der Waals surface area contributed by atoms with Gasteiger partial charge in [0.2, 0.25) is 11.8 Å². The zero-order valence-corrected chi connectivity index (χ0v) is 16.3. The number of amides is 2. The van der Waals surface area contributed by atoms with E-state index in [1.807, 2.05) is 30.0 Å². The standard InChI is InChI=1S/C21H22N4O4/c1-13-9-16-11-18(25(28)29)4-6-20(16)24(13)12-21(27)22-17-3-5-19-15(10-17)7-8-23(19)14(2)26/h3-6,10-11,13H,7-9,12H2,1-2H3,(H,22,27)/t13-/m1/s1. The number of nitrogens with one attached hydrogen (secondary N) is 1. The molecule has 2 aliphatic heterocycles. The quantitative estimate of drug-likeness (QED) is 0.635. The third kappa shape index (κ3) is 3.53. The van der Waals surface area contributed by atoms with Crippen molar-refractivity contribution in [3.63, 3.8) is 0 Å². The fourth-order valence-corrected chi connectivity index (χ4v) is 4.20. The van der Waals surface area contributed by atoms with Crippen molar-refractivity contribution in [3.05, 3.63) is 57.6 Å². The van der Waals surface area contributed by atoms with Crippen LogP contribution < -0.4 is 15.1 Å². The van der Waals surface area contributed by atoms with Crippen molar-refractivity contribution in [2.45, 2.75) is 32.7 Å². The molecule has 4 rings (SSSR count). The van der Waals surface area contributed by atoms with Crippen LogP contribution in [0.1, 0.15) is 25.0 Å². The molecule has 8 nitrogen and oxygen atoms in total. The van der Waals surface area contributed by atoms with Crippen molar-refractivity contribution in [2.24, 2.45) is 0 Å². The molecule has 0 aromatic heterocycles.